The normalized spacial score (nSPS) is 15.4. The van der Waals surface area contributed by atoms with Gasteiger partial charge in [-0.3, -0.25) is 0 Å². The molecule has 1 aliphatic heterocycles. The van der Waals surface area contributed by atoms with Gasteiger partial charge in [-0.2, -0.15) is 0 Å². The summed E-state index contributed by atoms with van der Waals surface area (Å²) in [6.45, 7) is 0.130. The molecule has 8 nitrogen and oxygen atoms in total. The van der Waals surface area contributed by atoms with Crippen molar-refractivity contribution in [2.75, 3.05) is 7.11 Å². The van der Waals surface area contributed by atoms with Crippen molar-refractivity contribution in [1.82, 2.24) is 20.6 Å². The first-order chi connectivity index (χ1) is 17.6. The van der Waals surface area contributed by atoms with Gasteiger partial charge in [-0.1, -0.05) is 42.5 Å². The third-order valence-electron chi connectivity index (χ3n) is 6.20. The first-order valence-electron chi connectivity index (χ1n) is 11.7. The number of amides is 2. The van der Waals surface area contributed by atoms with Crippen molar-refractivity contribution in [1.29, 1.82) is 0 Å². The van der Waals surface area contributed by atoms with E-state index in [1.807, 2.05) is 66.7 Å². The van der Waals surface area contributed by atoms with Crippen LogP contribution in [0.1, 0.15) is 29.2 Å². The van der Waals surface area contributed by atoms with Crippen molar-refractivity contribution in [2.24, 2.45) is 0 Å². The number of aromatic amines is 1. The summed E-state index contributed by atoms with van der Waals surface area (Å²) in [6.07, 6.45) is 4.54. The zero-order chi connectivity index (χ0) is 24.9. The summed E-state index contributed by atoms with van der Waals surface area (Å²) in [4.78, 5) is 33.7. The van der Waals surface area contributed by atoms with Crippen LogP contribution in [0.2, 0.25) is 0 Å². The molecule has 3 heterocycles. The van der Waals surface area contributed by atoms with Crippen molar-refractivity contribution < 1.29 is 19.1 Å². The second-order valence-corrected chi connectivity index (χ2v) is 8.48. The molecule has 182 valence electrons. The van der Waals surface area contributed by atoms with E-state index in [1.54, 1.807) is 19.5 Å². The molecule has 5 rings (SSSR count). The van der Waals surface area contributed by atoms with Crippen LogP contribution < -0.4 is 15.4 Å². The average Bonchev–Trinajstić information content (AvgIpc) is 3.35. The van der Waals surface area contributed by atoms with Crippen molar-refractivity contribution in [3.8, 4) is 5.75 Å². The quantitative estimate of drug-likeness (QED) is 0.320. The van der Waals surface area contributed by atoms with Gasteiger partial charge in [0.1, 0.15) is 18.0 Å². The Bertz CT molecular complexity index is 1410. The molecule has 0 saturated carbocycles. The molecule has 36 heavy (non-hydrogen) atoms. The maximum Gasteiger partial charge on any atom is 0.338 e. The fraction of sp³-hybridized carbons (Fsp3) is 0.179. The predicted molar refractivity (Wildman–Crippen MR) is 135 cm³/mol. The van der Waals surface area contributed by atoms with E-state index in [4.69, 9.17) is 9.47 Å². The molecule has 0 saturated heterocycles. The lowest BCUT2D eigenvalue weighted by Gasteiger charge is -2.29. The van der Waals surface area contributed by atoms with Gasteiger partial charge >= 0.3 is 12.0 Å². The molecule has 3 N–H and O–H groups in total. The minimum atomic E-state index is -0.689. The molecular formula is C28H26N4O4. The number of carbonyl (C=O) groups excluding carboxylic acids is 2. The lowest BCUT2D eigenvalue weighted by molar-refractivity contribution is -0.140. The number of urea groups is 1. The number of nitrogens with zero attached hydrogens (tertiary/aromatic N) is 1. The highest BCUT2D eigenvalue weighted by Gasteiger charge is 2.35. The molecule has 2 amide bonds. The number of allylic oxidation sites excluding steroid dienone is 1. The van der Waals surface area contributed by atoms with E-state index in [2.05, 4.69) is 20.6 Å². The molecule has 8 heteroatoms. The number of hydrogen-bond acceptors (Lipinski definition) is 5. The molecule has 2 aromatic heterocycles. The van der Waals surface area contributed by atoms with Crippen LogP contribution in [0.25, 0.3) is 11.0 Å². The van der Waals surface area contributed by atoms with Crippen LogP contribution >= 0.6 is 0 Å². The van der Waals surface area contributed by atoms with Crippen molar-refractivity contribution in [3.05, 3.63) is 107 Å². The predicted octanol–water partition coefficient (Wildman–Crippen LogP) is 4.56. The molecule has 1 unspecified atom stereocenters. The van der Waals surface area contributed by atoms with Gasteiger partial charge in [0.2, 0.25) is 0 Å². The third-order valence-corrected chi connectivity index (χ3v) is 6.20. The molecule has 0 aliphatic carbocycles. The first kappa shape index (κ1) is 23.2. The molecule has 0 radical (unpaired) electrons. The Morgan fingerprint density at radius 2 is 1.78 bits per heavy atom. The molecule has 1 atom stereocenters. The Morgan fingerprint density at radius 1 is 0.972 bits per heavy atom. The van der Waals surface area contributed by atoms with E-state index >= 15 is 0 Å². The van der Waals surface area contributed by atoms with Crippen molar-refractivity contribution >= 4 is 23.0 Å². The second-order valence-electron chi connectivity index (χ2n) is 8.48. The smallest absolute Gasteiger partial charge is 0.338 e. The van der Waals surface area contributed by atoms with Crippen molar-refractivity contribution in [3.63, 3.8) is 0 Å². The standard InChI is InChI=1S/C28H26N4O4/c1-35-20-12-9-18(10-13-20)11-14-23-24(27(33)36-17-19-6-3-2-4-7-19)25(32-28(34)31-23)22-16-30-26-21(22)8-5-15-29-26/h2-10,12-13,15-16,25H,11,14,17H2,1H3,(H,29,30)(H2,31,32,34). The molecular weight excluding hydrogens is 456 g/mol. The Kier molecular flexibility index (Phi) is 6.66. The number of methoxy groups -OCH3 is 1. The number of H-pyrrole nitrogens is 1. The van der Waals surface area contributed by atoms with Gasteiger partial charge in [-0.15, -0.1) is 0 Å². The number of hydrogen-bond donors (Lipinski definition) is 3. The van der Waals surface area contributed by atoms with E-state index in [9.17, 15) is 9.59 Å². The molecule has 0 bridgehead atoms. The van der Waals surface area contributed by atoms with Crippen molar-refractivity contribution in [2.45, 2.75) is 25.5 Å². The third kappa shape index (κ3) is 4.93. The summed E-state index contributed by atoms with van der Waals surface area (Å²) < 4.78 is 11.0. The molecule has 2 aromatic carbocycles. The van der Waals surface area contributed by atoms with Gasteiger partial charge in [-0.05, 0) is 48.2 Å². The molecule has 0 fully saturated rings. The number of ether oxygens (including phenoxy) is 2. The highest BCUT2D eigenvalue weighted by atomic mass is 16.5. The molecule has 1 aliphatic rings. The number of rotatable bonds is 8. The van der Waals surface area contributed by atoms with Gasteiger partial charge in [-0.25, -0.2) is 14.6 Å². The number of esters is 1. The summed E-state index contributed by atoms with van der Waals surface area (Å²) in [5.74, 6) is 0.283. The van der Waals surface area contributed by atoms with Gasteiger partial charge in [0.05, 0.1) is 18.7 Å². The molecule has 0 spiro atoms. The van der Waals surface area contributed by atoms with Gasteiger partial charge in [0.15, 0.2) is 0 Å². The summed E-state index contributed by atoms with van der Waals surface area (Å²) in [6, 6.07) is 19.9. The van der Waals surface area contributed by atoms with Gasteiger partial charge in [0.25, 0.3) is 0 Å². The topological polar surface area (TPSA) is 105 Å². The Labute approximate surface area is 208 Å². The maximum atomic E-state index is 13.5. The van der Waals surface area contributed by atoms with Crippen LogP contribution in [0.3, 0.4) is 0 Å². The fourth-order valence-electron chi connectivity index (χ4n) is 4.37. The van der Waals surface area contributed by atoms with E-state index in [1.165, 1.54) is 0 Å². The van der Waals surface area contributed by atoms with Crippen LogP contribution in [-0.2, 0) is 22.6 Å². The van der Waals surface area contributed by atoms with E-state index in [-0.39, 0.29) is 12.6 Å². The summed E-state index contributed by atoms with van der Waals surface area (Å²) >= 11 is 0. The van der Waals surface area contributed by atoms with E-state index in [0.717, 1.165) is 27.8 Å². The second kappa shape index (κ2) is 10.4. The highest BCUT2D eigenvalue weighted by Crippen LogP contribution is 2.33. The average molecular weight is 483 g/mol. The van der Waals surface area contributed by atoms with Gasteiger partial charge in [0, 0.05) is 29.0 Å². The first-order valence-corrected chi connectivity index (χ1v) is 11.7. The number of nitrogens with one attached hydrogen (secondary N) is 3. The minimum Gasteiger partial charge on any atom is -0.497 e. The van der Waals surface area contributed by atoms with E-state index < -0.39 is 12.0 Å². The zero-order valence-electron chi connectivity index (χ0n) is 19.8. The van der Waals surface area contributed by atoms with Crippen LogP contribution in [0, 0.1) is 0 Å². The lowest BCUT2D eigenvalue weighted by atomic mass is 9.93. The Balaban J connectivity index is 1.49. The summed E-state index contributed by atoms with van der Waals surface area (Å²) in [5.41, 5.74) is 4.28. The van der Waals surface area contributed by atoms with Gasteiger partial charge < -0.3 is 25.1 Å². The molecule has 4 aromatic rings. The fourth-order valence-corrected chi connectivity index (χ4v) is 4.37. The number of carbonyl (C=O) groups is 2. The number of aromatic nitrogens is 2. The number of benzene rings is 2. The Hall–Kier alpha value is -4.59. The Morgan fingerprint density at radius 3 is 2.56 bits per heavy atom. The SMILES string of the molecule is COc1ccc(CCC2=C(C(=O)OCc3ccccc3)C(c3c[nH]c4ncccc34)NC(=O)N2)cc1. The zero-order valence-corrected chi connectivity index (χ0v) is 19.8. The highest BCUT2D eigenvalue weighted by molar-refractivity contribution is 5.96. The van der Waals surface area contributed by atoms with E-state index in [0.29, 0.717) is 29.8 Å². The van der Waals surface area contributed by atoms with Crippen LogP contribution in [0.4, 0.5) is 4.79 Å². The summed E-state index contributed by atoms with van der Waals surface area (Å²) in [5, 5.41) is 6.59. The maximum absolute atomic E-state index is 13.5. The number of pyridine rings is 1. The number of fused-ring (bicyclic) bond motifs is 1. The monoisotopic (exact) mass is 482 g/mol. The number of aryl methyl sites for hydroxylation is 1. The van der Waals surface area contributed by atoms with Crippen LogP contribution in [0.15, 0.2) is 90.4 Å². The van der Waals surface area contributed by atoms with Crippen LogP contribution in [-0.4, -0.2) is 29.1 Å². The summed E-state index contributed by atoms with van der Waals surface area (Å²) in [7, 11) is 1.62. The van der Waals surface area contributed by atoms with Crippen LogP contribution in [0.5, 0.6) is 5.75 Å². The lowest BCUT2D eigenvalue weighted by Crippen LogP contribution is -2.46. The minimum absolute atomic E-state index is 0.130. The largest absolute Gasteiger partial charge is 0.497 e.